The number of hydrogen-bond acceptors (Lipinski definition) is 4. The van der Waals surface area contributed by atoms with Gasteiger partial charge in [-0.05, 0) is 61.0 Å². The van der Waals surface area contributed by atoms with Crippen molar-refractivity contribution < 1.29 is 28.2 Å². The summed E-state index contributed by atoms with van der Waals surface area (Å²) in [6.07, 6.45) is 0. The van der Waals surface area contributed by atoms with Crippen molar-refractivity contribution in [2.75, 3.05) is 11.5 Å². The number of aliphatic hydroxyl groups is 1. The standard InChI is InChI=1S/C25H18ClF2NO4/c1-2-33-20-12-15(8-11-19(20)26)23(30)21-22(14-6-9-16(27)10-7-14)29(25(32)24(21)31)18-5-3-4-17(28)13-18/h3-13,22,30H,2H2,1H3/b23-21+. The van der Waals surface area contributed by atoms with E-state index in [1.807, 2.05) is 0 Å². The van der Waals surface area contributed by atoms with Gasteiger partial charge in [0, 0.05) is 11.3 Å². The molecule has 1 fully saturated rings. The number of hydrogen-bond donors (Lipinski definition) is 1. The number of Topliss-reactive ketones (excluding diaryl/α,β-unsaturated/α-hetero) is 1. The van der Waals surface area contributed by atoms with E-state index in [1.165, 1.54) is 60.7 Å². The lowest BCUT2D eigenvalue weighted by molar-refractivity contribution is -0.132. The Morgan fingerprint density at radius 3 is 2.42 bits per heavy atom. The summed E-state index contributed by atoms with van der Waals surface area (Å²) in [6.45, 7) is 2.09. The number of rotatable bonds is 5. The maximum Gasteiger partial charge on any atom is 0.300 e. The predicted molar refractivity (Wildman–Crippen MR) is 120 cm³/mol. The number of ether oxygens (including phenoxy) is 1. The number of ketones is 1. The second-order valence-corrected chi connectivity index (χ2v) is 7.69. The minimum Gasteiger partial charge on any atom is -0.507 e. The number of benzene rings is 3. The smallest absolute Gasteiger partial charge is 0.300 e. The summed E-state index contributed by atoms with van der Waals surface area (Å²) in [5, 5.41) is 11.4. The number of nitrogens with zero attached hydrogens (tertiary/aromatic N) is 1. The molecule has 5 nitrogen and oxygen atoms in total. The maximum atomic E-state index is 13.9. The van der Waals surface area contributed by atoms with E-state index in [1.54, 1.807) is 6.92 Å². The van der Waals surface area contributed by atoms with Crippen LogP contribution in [0.25, 0.3) is 5.76 Å². The molecule has 3 aromatic rings. The van der Waals surface area contributed by atoms with Gasteiger partial charge in [0.05, 0.1) is 23.2 Å². The molecule has 33 heavy (non-hydrogen) atoms. The summed E-state index contributed by atoms with van der Waals surface area (Å²) in [7, 11) is 0. The van der Waals surface area contributed by atoms with Crippen LogP contribution in [-0.2, 0) is 9.59 Å². The molecule has 8 heteroatoms. The van der Waals surface area contributed by atoms with Gasteiger partial charge in [0.25, 0.3) is 11.7 Å². The Kier molecular flexibility index (Phi) is 6.16. The van der Waals surface area contributed by atoms with Gasteiger partial charge in [-0.1, -0.05) is 29.8 Å². The second kappa shape index (κ2) is 9.03. The molecule has 0 bridgehead atoms. The van der Waals surface area contributed by atoms with E-state index < -0.39 is 35.1 Å². The van der Waals surface area contributed by atoms with Gasteiger partial charge in [-0.3, -0.25) is 14.5 Å². The van der Waals surface area contributed by atoms with Gasteiger partial charge in [0.2, 0.25) is 0 Å². The zero-order valence-corrected chi connectivity index (χ0v) is 18.1. The van der Waals surface area contributed by atoms with Crippen molar-refractivity contribution in [1.82, 2.24) is 0 Å². The third-order valence-corrected chi connectivity index (χ3v) is 5.53. The van der Waals surface area contributed by atoms with Crippen LogP contribution in [0, 0.1) is 11.6 Å². The van der Waals surface area contributed by atoms with Gasteiger partial charge < -0.3 is 9.84 Å². The van der Waals surface area contributed by atoms with Crippen LogP contribution in [0.15, 0.2) is 72.3 Å². The van der Waals surface area contributed by atoms with Gasteiger partial charge in [0.15, 0.2) is 0 Å². The van der Waals surface area contributed by atoms with Crippen molar-refractivity contribution in [3.63, 3.8) is 0 Å². The zero-order chi connectivity index (χ0) is 23.7. The summed E-state index contributed by atoms with van der Waals surface area (Å²) < 4.78 is 33.0. The minimum atomic E-state index is -1.11. The number of aliphatic hydroxyl groups excluding tert-OH is 1. The van der Waals surface area contributed by atoms with Crippen molar-refractivity contribution in [1.29, 1.82) is 0 Å². The van der Waals surface area contributed by atoms with E-state index >= 15 is 0 Å². The molecule has 3 aromatic carbocycles. The molecule has 1 aliphatic rings. The first-order chi connectivity index (χ1) is 15.8. The number of anilines is 1. The predicted octanol–water partition coefficient (Wildman–Crippen LogP) is 5.64. The monoisotopic (exact) mass is 469 g/mol. The molecule has 1 saturated heterocycles. The first-order valence-electron chi connectivity index (χ1n) is 10.1. The highest BCUT2D eigenvalue weighted by atomic mass is 35.5. The molecule has 168 valence electrons. The normalized spacial score (nSPS) is 17.5. The molecule has 0 aliphatic carbocycles. The van der Waals surface area contributed by atoms with Crippen LogP contribution in [0.3, 0.4) is 0 Å². The minimum absolute atomic E-state index is 0.122. The molecular formula is C25H18ClF2NO4. The number of carbonyl (C=O) groups excluding carboxylic acids is 2. The lowest BCUT2D eigenvalue weighted by Gasteiger charge is -2.25. The quantitative estimate of drug-likeness (QED) is 0.298. The zero-order valence-electron chi connectivity index (χ0n) is 17.4. The molecule has 4 rings (SSSR count). The molecule has 1 unspecified atom stereocenters. The Hall–Kier alpha value is -3.71. The third kappa shape index (κ3) is 4.19. The average Bonchev–Trinajstić information content (AvgIpc) is 3.06. The molecule has 1 atom stereocenters. The molecule has 1 N–H and O–H groups in total. The van der Waals surface area contributed by atoms with Crippen molar-refractivity contribution in [3.05, 3.63) is 100 Å². The van der Waals surface area contributed by atoms with Crippen LogP contribution in [-0.4, -0.2) is 23.4 Å². The number of carbonyl (C=O) groups is 2. The largest absolute Gasteiger partial charge is 0.507 e. The highest BCUT2D eigenvalue weighted by molar-refractivity contribution is 6.51. The number of halogens is 3. The highest BCUT2D eigenvalue weighted by Gasteiger charge is 2.47. The van der Waals surface area contributed by atoms with E-state index in [9.17, 15) is 23.5 Å². The summed E-state index contributed by atoms with van der Waals surface area (Å²) in [4.78, 5) is 27.2. The van der Waals surface area contributed by atoms with Gasteiger partial charge in [-0.25, -0.2) is 8.78 Å². The molecule has 1 heterocycles. The summed E-state index contributed by atoms with van der Waals surface area (Å²) in [6, 6.07) is 13.7. The number of amides is 1. The lowest BCUT2D eigenvalue weighted by atomic mass is 9.95. The fraction of sp³-hybridized carbons (Fsp3) is 0.120. The highest BCUT2D eigenvalue weighted by Crippen LogP contribution is 2.42. The van der Waals surface area contributed by atoms with E-state index in [0.717, 1.165) is 11.0 Å². The SMILES string of the molecule is CCOc1cc(/C(O)=C2\C(=O)C(=O)N(c3cccc(F)c3)C2c2ccc(F)cc2)ccc1Cl. The molecular weight excluding hydrogens is 452 g/mol. The Morgan fingerprint density at radius 2 is 1.76 bits per heavy atom. The fourth-order valence-corrected chi connectivity index (χ4v) is 3.93. The van der Waals surface area contributed by atoms with Crippen molar-refractivity contribution >= 4 is 34.7 Å². The van der Waals surface area contributed by atoms with Gasteiger partial charge in [0.1, 0.15) is 23.1 Å². The molecule has 0 spiro atoms. The maximum absolute atomic E-state index is 13.9. The third-order valence-electron chi connectivity index (χ3n) is 5.22. The fourth-order valence-electron chi connectivity index (χ4n) is 3.76. The Labute approximate surface area is 193 Å². The van der Waals surface area contributed by atoms with E-state index in [2.05, 4.69) is 0 Å². The summed E-state index contributed by atoms with van der Waals surface area (Å²) >= 11 is 6.13. The second-order valence-electron chi connectivity index (χ2n) is 7.28. The Balaban J connectivity index is 1.93. The van der Waals surface area contributed by atoms with Crippen LogP contribution in [0.2, 0.25) is 5.02 Å². The van der Waals surface area contributed by atoms with Crippen LogP contribution in [0.1, 0.15) is 24.1 Å². The Bertz CT molecular complexity index is 1270. The van der Waals surface area contributed by atoms with Gasteiger partial charge in [-0.15, -0.1) is 0 Å². The van der Waals surface area contributed by atoms with Gasteiger partial charge in [-0.2, -0.15) is 0 Å². The average molecular weight is 470 g/mol. The van der Waals surface area contributed by atoms with Crippen molar-refractivity contribution in [3.8, 4) is 5.75 Å². The lowest BCUT2D eigenvalue weighted by Crippen LogP contribution is -2.29. The summed E-state index contributed by atoms with van der Waals surface area (Å²) in [5.74, 6) is -3.19. The van der Waals surface area contributed by atoms with Crippen LogP contribution >= 0.6 is 11.6 Å². The van der Waals surface area contributed by atoms with E-state index in [0.29, 0.717) is 22.9 Å². The van der Waals surface area contributed by atoms with E-state index in [4.69, 9.17) is 16.3 Å². The van der Waals surface area contributed by atoms with Crippen LogP contribution < -0.4 is 9.64 Å². The molecule has 1 amide bonds. The molecule has 0 aromatic heterocycles. The Morgan fingerprint density at radius 1 is 1.03 bits per heavy atom. The molecule has 0 saturated carbocycles. The van der Waals surface area contributed by atoms with E-state index in [-0.39, 0.29) is 16.8 Å². The molecule has 0 radical (unpaired) electrons. The molecule has 1 aliphatic heterocycles. The first-order valence-corrected chi connectivity index (χ1v) is 10.4. The van der Waals surface area contributed by atoms with Crippen molar-refractivity contribution in [2.45, 2.75) is 13.0 Å². The van der Waals surface area contributed by atoms with Crippen LogP contribution in [0.5, 0.6) is 5.75 Å². The summed E-state index contributed by atoms with van der Waals surface area (Å²) in [5.41, 5.74) is 0.463. The van der Waals surface area contributed by atoms with Gasteiger partial charge >= 0.3 is 0 Å². The van der Waals surface area contributed by atoms with Crippen LogP contribution in [0.4, 0.5) is 14.5 Å². The topological polar surface area (TPSA) is 66.8 Å². The first kappa shape index (κ1) is 22.5. The van der Waals surface area contributed by atoms with Crippen molar-refractivity contribution in [2.24, 2.45) is 0 Å².